The minimum absolute atomic E-state index is 0.0285. The molecule has 0 amide bonds. The number of hydrogen-bond donors (Lipinski definition) is 0. The Hall–Kier alpha value is -1.35. The molecule has 2 bridgehead atoms. The molecule has 3 aliphatic rings. The Morgan fingerprint density at radius 1 is 1.25 bits per heavy atom. The molecule has 0 aliphatic carbocycles. The number of piperidine rings is 3. The number of likely N-dealkylation sites (N-methyl/N-ethyl adjacent to an activating group) is 1. The predicted octanol–water partition coefficient (Wildman–Crippen LogP) is 2.40. The molecule has 0 saturated carbocycles. The van der Waals surface area contributed by atoms with E-state index in [-0.39, 0.29) is 12.1 Å². The molecule has 1 unspecified atom stereocenters. The van der Waals surface area contributed by atoms with Gasteiger partial charge in [0.2, 0.25) is 0 Å². The lowest BCUT2D eigenvalue weighted by molar-refractivity contribution is -0.928. The second-order valence-electron chi connectivity index (χ2n) is 6.60. The number of carbonyl (C=O) groups is 1. The first-order valence-electron chi connectivity index (χ1n) is 7.72. The summed E-state index contributed by atoms with van der Waals surface area (Å²) in [6.07, 6.45) is 3.87. The summed E-state index contributed by atoms with van der Waals surface area (Å²) in [5, 5.41) is 0. The van der Waals surface area contributed by atoms with E-state index in [4.69, 9.17) is 4.74 Å². The van der Waals surface area contributed by atoms with Crippen LogP contribution in [-0.4, -0.2) is 43.2 Å². The Kier molecular flexibility index (Phi) is 3.79. The van der Waals surface area contributed by atoms with Crippen molar-refractivity contribution in [2.75, 3.05) is 26.7 Å². The van der Waals surface area contributed by atoms with Gasteiger partial charge >= 0.3 is 5.97 Å². The molecule has 0 aromatic heterocycles. The molecule has 1 aromatic carbocycles. The molecule has 0 N–H and O–H groups in total. The van der Waals surface area contributed by atoms with E-state index in [0.717, 1.165) is 17.4 Å². The molecule has 108 valence electrons. The van der Waals surface area contributed by atoms with Crippen LogP contribution in [0.1, 0.15) is 24.8 Å². The summed E-state index contributed by atoms with van der Waals surface area (Å²) < 4.78 is 6.85. The van der Waals surface area contributed by atoms with Gasteiger partial charge in [-0.25, -0.2) is 0 Å². The van der Waals surface area contributed by atoms with Crippen molar-refractivity contribution < 1.29 is 14.0 Å². The third-order valence-corrected chi connectivity index (χ3v) is 4.97. The highest BCUT2D eigenvalue weighted by Gasteiger charge is 2.45. The van der Waals surface area contributed by atoms with Gasteiger partial charge in [-0.3, -0.25) is 4.79 Å². The number of carbonyl (C=O) groups excluding carboxylic acids is 1. The molecule has 4 rings (SSSR count). The first-order chi connectivity index (χ1) is 9.65. The molecule has 1 aromatic rings. The minimum atomic E-state index is -0.0285. The fraction of sp³-hybridized carbons (Fsp3) is 0.588. The van der Waals surface area contributed by atoms with Gasteiger partial charge in [-0.1, -0.05) is 30.3 Å². The first kappa shape index (κ1) is 13.6. The van der Waals surface area contributed by atoms with Crippen molar-refractivity contribution in [3.8, 4) is 0 Å². The van der Waals surface area contributed by atoms with E-state index in [1.165, 1.54) is 31.5 Å². The van der Waals surface area contributed by atoms with Crippen molar-refractivity contribution in [3.63, 3.8) is 0 Å². The average molecular weight is 274 g/mol. The molecular weight excluding hydrogens is 250 g/mol. The summed E-state index contributed by atoms with van der Waals surface area (Å²) in [4.78, 5) is 12.0. The number of rotatable bonds is 4. The minimum Gasteiger partial charge on any atom is -0.456 e. The van der Waals surface area contributed by atoms with Crippen LogP contribution < -0.4 is 0 Å². The number of benzene rings is 1. The maximum atomic E-state index is 12.0. The molecule has 3 aliphatic heterocycles. The van der Waals surface area contributed by atoms with Gasteiger partial charge in [0, 0.05) is 25.2 Å². The maximum Gasteiger partial charge on any atom is 0.306 e. The fourth-order valence-corrected chi connectivity index (χ4v) is 3.60. The highest BCUT2D eigenvalue weighted by Crippen LogP contribution is 2.34. The highest BCUT2D eigenvalue weighted by atomic mass is 16.5. The zero-order valence-electron chi connectivity index (χ0n) is 12.3. The van der Waals surface area contributed by atoms with E-state index >= 15 is 0 Å². The van der Waals surface area contributed by atoms with Gasteiger partial charge < -0.3 is 9.22 Å². The molecule has 20 heavy (non-hydrogen) atoms. The zero-order chi connectivity index (χ0) is 14.0. The van der Waals surface area contributed by atoms with E-state index in [9.17, 15) is 4.79 Å². The molecule has 0 radical (unpaired) electrons. The Morgan fingerprint density at radius 3 is 2.60 bits per heavy atom. The normalized spacial score (nSPS) is 32.0. The van der Waals surface area contributed by atoms with E-state index < -0.39 is 0 Å². The van der Waals surface area contributed by atoms with E-state index in [1.807, 2.05) is 18.2 Å². The predicted molar refractivity (Wildman–Crippen MR) is 78.2 cm³/mol. The monoisotopic (exact) mass is 274 g/mol. The van der Waals surface area contributed by atoms with E-state index in [1.54, 1.807) is 0 Å². The second-order valence-corrected chi connectivity index (χ2v) is 6.60. The number of nitrogens with zero attached hydrogens (tertiary/aromatic N) is 1. The molecule has 3 nitrogen and oxygen atoms in total. The third kappa shape index (κ3) is 3.04. The van der Waals surface area contributed by atoms with Crippen molar-refractivity contribution in [2.45, 2.75) is 31.8 Å². The smallest absolute Gasteiger partial charge is 0.306 e. The van der Waals surface area contributed by atoms with Gasteiger partial charge in [-0.2, -0.15) is 0 Å². The summed E-state index contributed by atoms with van der Waals surface area (Å²) in [6, 6.07) is 10.2. The summed E-state index contributed by atoms with van der Waals surface area (Å²) >= 11 is 0. The standard InChI is InChI=1S/C17H24NO2/c1-18-11-9-15(10-12-18)16(13-18)20-17(19)8-7-14-5-3-2-4-6-14/h2-6,15-16H,7-13H2,1H3/q+1. The first-order valence-corrected chi connectivity index (χ1v) is 7.72. The van der Waals surface area contributed by atoms with Crippen LogP contribution in [0.25, 0.3) is 0 Å². The molecule has 3 heteroatoms. The van der Waals surface area contributed by atoms with E-state index in [0.29, 0.717) is 12.3 Å². The van der Waals surface area contributed by atoms with Crippen molar-refractivity contribution in [3.05, 3.63) is 35.9 Å². The number of esters is 1. The van der Waals surface area contributed by atoms with Gasteiger partial charge in [-0.05, 0) is 12.0 Å². The number of hydrogen-bond acceptors (Lipinski definition) is 2. The van der Waals surface area contributed by atoms with Crippen LogP contribution in [0.2, 0.25) is 0 Å². The Balaban J connectivity index is 1.50. The number of ether oxygens (including phenoxy) is 1. The number of fused-ring (bicyclic) bond motifs is 3. The molecule has 1 atom stereocenters. The molecule has 3 fully saturated rings. The van der Waals surface area contributed by atoms with Gasteiger partial charge in [0.15, 0.2) is 6.10 Å². The largest absolute Gasteiger partial charge is 0.456 e. The van der Waals surface area contributed by atoms with Gasteiger partial charge in [-0.15, -0.1) is 0 Å². The van der Waals surface area contributed by atoms with E-state index in [2.05, 4.69) is 19.2 Å². The van der Waals surface area contributed by atoms with Crippen LogP contribution in [0, 0.1) is 5.92 Å². The van der Waals surface area contributed by atoms with Crippen LogP contribution >= 0.6 is 0 Å². The molecule has 3 saturated heterocycles. The lowest BCUT2D eigenvalue weighted by atomic mass is 9.84. The maximum absolute atomic E-state index is 12.0. The lowest BCUT2D eigenvalue weighted by Gasteiger charge is -2.49. The lowest BCUT2D eigenvalue weighted by Crippen LogP contribution is -2.62. The fourth-order valence-electron chi connectivity index (χ4n) is 3.60. The zero-order valence-corrected chi connectivity index (χ0v) is 12.3. The summed E-state index contributed by atoms with van der Waals surface area (Å²) in [5.41, 5.74) is 1.21. The van der Waals surface area contributed by atoms with Crippen molar-refractivity contribution in [1.82, 2.24) is 0 Å². The van der Waals surface area contributed by atoms with Crippen molar-refractivity contribution in [1.29, 1.82) is 0 Å². The van der Waals surface area contributed by atoms with Crippen molar-refractivity contribution in [2.24, 2.45) is 5.92 Å². The number of quaternary nitrogens is 1. The van der Waals surface area contributed by atoms with Crippen LogP contribution in [0.4, 0.5) is 0 Å². The summed E-state index contributed by atoms with van der Waals surface area (Å²) in [7, 11) is 2.29. The van der Waals surface area contributed by atoms with Crippen LogP contribution in [0.15, 0.2) is 30.3 Å². The Morgan fingerprint density at radius 2 is 1.95 bits per heavy atom. The molecule has 0 spiro atoms. The summed E-state index contributed by atoms with van der Waals surface area (Å²) in [6.45, 7) is 3.52. The SMILES string of the molecule is C[N+]12CCC(CC1)C(OC(=O)CCc1ccccc1)C2. The van der Waals surface area contributed by atoms with Crippen LogP contribution in [0.5, 0.6) is 0 Å². The summed E-state index contributed by atoms with van der Waals surface area (Å²) in [5.74, 6) is 0.579. The highest BCUT2D eigenvalue weighted by molar-refractivity contribution is 5.70. The topological polar surface area (TPSA) is 26.3 Å². The van der Waals surface area contributed by atoms with Gasteiger partial charge in [0.1, 0.15) is 6.54 Å². The average Bonchev–Trinajstić information content (AvgIpc) is 2.46. The van der Waals surface area contributed by atoms with Crippen molar-refractivity contribution >= 4 is 5.97 Å². The molecular formula is C17H24NO2+. The van der Waals surface area contributed by atoms with Crippen LogP contribution in [0.3, 0.4) is 0 Å². The Bertz CT molecular complexity index is 463. The quantitative estimate of drug-likeness (QED) is 0.622. The third-order valence-electron chi connectivity index (χ3n) is 4.97. The van der Waals surface area contributed by atoms with Gasteiger partial charge in [0.25, 0.3) is 0 Å². The van der Waals surface area contributed by atoms with Crippen LogP contribution in [-0.2, 0) is 16.0 Å². The Labute approximate surface area is 121 Å². The number of aryl methyl sites for hydroxylation is 1. The van der Waals surface area contributed by atoms with Gasteiger partial charge in [0.05, 0.1) is 20.1 Å². The second kappa shape index (κ2) is 5.57. The molecule has 3 heterocycles.